The van der Waals surface area contributed by atoms with Gasteiger partial charge < -0.3 is 0 Å². The summed E-state index contributed by atoms with van der Waals surface area (Å²) in [4.78, 5) is 0. The van der Waals surface area contributed by atoms with Gasteiger partial charge in [0.2, 0.25) is 0 Å². The fraction of sp³-hybridized carbons (Fsp3) is 1.00. The van der Waals surface area contributed by atoms with E-state index in [1.165, 1.54) is 6.42 Å². The highest BCUT2D eigenvalue weighted by Crippen LogP contribution is 2.37. The summed E-state index contributed by atoms with van der Waals surface area (Å²) in [5.74, 6) is 3.55. The lowest BCUT2D eigenvalue weighted by Crippen LogP contribution is -2.38. The van der Waals surface area contributed by atoms with E-state index in [1.54, 1.807) is 24.2 Å². The Kier molecular flexibility index (Phi) is 8.50. The molecule has 0 atom stereocenters. The van der Waals surface area contributed by atoms with Gasteiger partial charge in [-0.05, 0) is 23.7 Å². The molecule has 0 aromatic carbocycles. The van der Waals surface area contributed by atoms with E-state index in [2.05, 4.69) is 55.4 Å². The fourth-order valence-electron chi connectivity index (χ4n) is 3.75. The Morgan fingerprint density at radius 3 is 1.11 bits per heavy atom. The molecular formula is C17H38Si. The summed E-state index contributed by atoms with van der Waals surface area (Å²) < 4.78 is 0. The van der Waals surface area contributed by atoms with Crippen LogP contribution >= 0.6 is 0 Å². The topological polar surface area (TPSA) is 0 Å². The molecule has 0 spiro atoms. The van der Waals surface area contributed by atoms with Crippen LogP contribution in [0.3, 0.4) is 0 Å². The SMILES string of the molecule is CC(C)CC[Si](CC(C)C)(CC(C)C)CC(C)C. The zero-order chi connectivity index (χ0) is 14.3. The van der Waals surface area contributed by atoms with E-state index in [0.717, 1.165) is 23.7 Å². The highest BCUT2D eigenvalue weighted by molar-refractivity contribution is 6.80. The Morgan fingerprint density at radius 1 is 0.556 bits per heavy atom. The van der Waals surface area contributed by atoms with Crippen LogP contribution in [0.15, 0.2) is 0 Å². The quantitative estimate of drug-likeness (QED) is 0.422. The van der Waals surface area contributed by atoms with Crippen LogP contribution < -0.4 is 0 Å². The van der Waals surface area contributed by atoms with Gasteiger partial charge in [-0.3, -0.25) is 0 Å². The van der Waals surface area contributed by atoms with E-state index in [1.807, 2.05) is 0 Å². The molecule has 110 valence electrons. The molecule has 1 heteroatoms. The monoisotopic (exact) mass is 270 g/mol. The highest BCUT2D eigenvalue weighted by Gasteiger charge is 2.34. The van der Waals surface area contributed by atoms with Crippen molar-refractivity contribution in [3.8, 4) is 0 Å². The third-order valence-electron chi connectivity index (χ3n) is 3.78. The van der Waals surface area contributed by atoms with Gasteiger partial charge in [-0.2, -0.15) is 0 Å². The third kappa shape index (κ3) is 8.34. The smallest absolute Gasteiger partial charge is 0.0543 e. The Bertz CT molecular complexity index is 177. The Morgan fingerprint density at radius 2 is 0.889 bits per heavy atom. The highest BCUT2D eigenvalue weighted by atomic mass is 28.3. The Balaban J connectivity index is 4.85. The maximum atomic E-state index is 2.43. The molecule has 0 saturated heterocycles. The minimum atomic E-state index is -1.05. The van der Waals surface area contributed by atoms with Crippen LogP contribution in [0.1, 0.15) is 61.8 Å². The van der Waals surface area contributed by atoms with Crippen LogP contribution in [-0.2, 0) is 0 Å². The molecule has 0 fully saturated rings. The van der Waals surface area contributed by atoms with Gasteiger partial charge in [0.25, 0.3) is 0 Å². The maximum absolute atomic E-state index is 2.43. The maximum Gasteiger partial charge on any atom is 0.0543 e. The van der Waals surface area contributed by atoms with Gasteiger partial charge in [-0.1, -0.05) is 86.0 Å². The lowest BCUT2D eigenvalue weighted by molar-refractivity contribution is 0.589. The van der Waals surface area contributed by atoms with E-state index in [4.69, 9.17) is 0 Å². The molecule has 0 aromatic heterocycles. The first-order valence-electron chi connectivity index (χ1n) is 8.17. The minimum Gasteiger partial charge on any atom is -0.0630 e. The largest absolute Gasteiger partial charge is 0.0630 e. The van der Waals surface area contributed by atoms with Crippen molar-refractivity contribution < 1.29 is 0 Å². The summed E-state index contributed by atoms with van der Waals surface area (Å²) in [6.45, 7) is 19.3. The van der Waals surface area contributed by atoms with Gasteiger partial charge >= 0.3 is 0 Å². The molecule has 18 heavy (non-hydrogen) atoms. The first-order valence-corrected chi connectivity index (χ1v) is 11.0. The first-order chi connectivity index (χ1) is 8.17. The van der Waals surface area contributed by atoms with Gasteiger partial charge in [0.15, 0.2) is 0 Å². The molecule has 0 aliphatic rings. The average molecular weight is 271 g/mol. The predicted molar refractivity (Wildman–Crippen MR) is 89.0 cm³/mol. The van der Waals surface area contributed by atoms with Crippen molar-refractivity contribution in [1.82, 2.24) is 0 Å². The number of rotatable bonds is 9. The summed E-state index contributed by atoms with van der Waals surface area (Å²) in [5.41, 5.74) is 0. The molecule has 0 amide bonds. The molecule has 0 N–H and O–H groups in total. The summed E-state index contributed by atoms with van der Waals surface area (Å²) in [6, 6.07) is 6.22. The Hall–Kier alpha value is 0.217. The molecule has 0 unspecified atom stereocenters. The van der Waals surface area contributed by atoms with Crippen molar-refractivity contribution in [2.24, 2.45) is 23.7 Å². The summed E-state index contributed by atoms with van der Waals surface area (Å²) in [6.07, 6.45) is 1.46. The van der Waals surface area contributed by atoms with E-state index < -0.39 is 8.07 Å². The molecule has 0 rings (SSSR count). The van der Waals surface area contributed by atoms with Crippen molar-refractivity contribution in [3.63, 3.8) is 0 Å². The lowest BCUT2D eigenvalue weighted by atomic mass is 10.2. The molecule has 0 aromatic rings. The zero-order valence-corrected chi connectivity index (χ0v) is 15.3. The van der Waals surface area contributed by atoms with Crippen LogP contribution in [0.4, 0.5) is 0 Å². The van der Waals surface area contributed by atoms with Crippen molar-refractivity contribution >= 4 is 8.07 Å². The minimum absolute atomic E-state index is 0.878. The van der Waals surface area contributed by atoms with Gasteiger partial charge in [0.05, 0.1) is 8.07 Å². The second kappa shape index (κ2) is 8.40. The van der Waals surface area contributed by atoms with Crippen LogP contribution in [0.2, 0.25) is 24.2 Å². The lowest BCUT2D eigenvalue weighted by Gasteiger charge is -2.37. The van der Waals surface area contributed by atoms with Crippen LogP contribution in [0.25, 0.3) is 0 Å². The Labute approximate surface area is 118 Å². The van der Waals surface area contributed by atoms with Gasteiger partial charge in [-0.25, -0.2) is 0 Å². The number of hydrogen-bond acceptors (Lipinski definition) is 0. The van der Waals surface area contributed by atoms with Crippen LogP contribution in [0, 0.1) is 23.7 Å². The zero-order valence-electron chi connectivity index (χ0n) is 14.3. The second-order valence-electron chi connectivity index (χ2n) is 8.23. The van der Waals surface area contributed by atoms with Gasteiger partial charge in [0, 0.05) is 0 Å². The van der Waals surface area contributed by atoms with Gasteiger partial charge in [-0.15, -0.1) is 0 Å². The predicted octanol–water partition coefficient (Wildman–Crippen LogP) is 6.45. The van der Waals surface area contributed by atoms with Crippen molar-refractivity contribution in [2.45, 2.75) is 86.0 Å². The fourth-order valence-corrected chi connectivity index (χ4v) is 11.2. The summed E-state index contributed by atoms with van der Waals surface area (Å²) in [5, 5.41) is 0. The van der Waals surface area contributed by atoms with E-state index >= 15 is 0 Å². The molecule has 0 nitrogen and oxygen atoms in total. The van der Waals surface area contributed by atoms with E-state index in [9.17, 15) is 0 Å². The normalized spacial score (nSPS) is 13.3. The van der Waals surface area contributed by atoms with Crippen LogP contribution in [0.5, 0.6) is 0 Å². The van der Waals surface area contributed by atoms with Crippen LogP contribution in [-0.4, -0.2) is 8.07 Å². The summed E-state index contributed by atoms with van der Waals surface area (Å²) in [7, 11) is -1.05. The molecule has 0 saturated carbocycles. The number of hydrogen-bond donors (Lipinski definition) is 0. The standard InChI is InChI=1S/C17H38Si/c1-14(2)9-10-18(11-15(3)4,12-16(5)6)13-17(7)8/h14-17H,9-13H2,1-8H3. The molecule has 0 aliphatic heterocycles. The first kappa shape index (κ1) is 18.2. The molecule has 0 radical (unpaired) electrons. The van der Waals surface area contributed by atoms with E-state index in [-0.39, 0.29) is 0 Å². The molecule has 0 bridgehead atoms. The van der Waals surface area contributed by atoms with Gasteiger partial charge in [0.1, 0.15) is 0 Å². The molecular weight excluding hydrogens is 232 g/mol. The third-order valence-corrected chi connectivity index (χ3v) is 10.2. The summed E-state index contributed by atoms with van der Waals surface area (Å²) >= 11 is 0. The van der Waals surface area contributed by atoms with E-state index in [0.29, 0.717) is 0 Å². The van der Waals surface area contributed by atoms with Crippen molar-refractivity contribution in [2.75, 3.05) is 0 Å². The second-order valence-corrected chi connectivity index (χ2v) is 13.0. The molecule has 0 heterocycles. The average Bonchev–Trinajstić information content (AvgIpc) is 2.11. The van der Waals surface area contributed by atoms with Crippen molar-refractivity contribution in [3.05, 3.63) is 0 Å². The van der Waals surface area contributed by atoms with Crippen molar-refractivity contribution in [1.29, 1.82) is 0 Å². The molecule has 0 aliphatic carbocycles.